The summed E-state index contributed by atoms with van der Waals surface area (Å²) in [5.74, 6) is -0.244. The number of rotatable bonds is 6. The Morgan fingerprint density at radius 1 is 1.19 bits per heavy atom. The molecular formula is C23H31ClF3N3O2. The van der Waals surface area contributed by atoms with Gasteiger partial charge in [0.15, 0.2) is 0 Å². The quantitative estimate of drug-likeness (QED) is 0.621. The minimum absolute atomic E-state index is 0.109. The molecule has 3 rings (SSSR count). The zero-order valence-electron chi connectivity index (χ0n) is 18.6. The van der Waals surface area contributed by atoms with Crippen LogP contribution in [0.5, 0.6) is 0 Å². The first-order valence-corrected chi connectivity index (χ1v) is 11.6. The predicted octanol–water partition coefficient (Wildman–Crippen LogP) is 5.15. The second-order valence-corrected chi connectivity index (χ2v) is 9.43. The zero-order chi connectivity index (χ0) is 23.5. The molecule has 1 unspecified atom stereocenters. The molecule has 1 aliphatic carbocycles. The average molecular weight is 474 g/mol. The van der Waals surface area contributed by atoms with Crippen LogP contribution >= 0.6 is 11.6 Å². The molecule has 1 heterocycles. The SMILES string of the molecule is Cc1c(CN2CCN(C(=O)C3CCCC3)C(C)C2)cc(Cl)cc1NC(=O)CCC(F)(F)F. The van der Waals surface area contributed by atoms with E-state index in [0.29, 0.717) is 23.8 Å². The molecule has 0 radical (unpaired) electrons. The number of alkyl halides is 3. The van der Waals surface area contributed by atoms with Crippen molar-refractivity contribution in [1.82, 2.24) is 9.80 Å². The van der Waals surface area contributed by atoms with Crippen LogP contribution < -0.4 is 5.32 Å². The average Bonchev–Trinajstić information content (AvgIpc) is 3.24. The summed E-state index contributed by atoms with van der Waals surface area (Å²) >= 11 is 6.24. The van der Waals surface area contributed by atoms with Crippen LogP contribution in [-0.4, -0.2) is 53.5 Å². The van der Waals surface area contributed by atoms with Crippen LogP contribution in [0, 0.1) is 12.8 Å². The van der Waals surface area contributed by atoms with E-state index in [1.54, 1.807) is 6.07 Å². The number of benzene rings is 1. The van der Waals surface area contributed by atoms with Gasteiger partial charge in [0.1, 0.15) is 0 Å². The van der Waals surface area contributed by atoms with E-state index in [1.165, 1.54) is 0 Å². The first kappa shape index (κ1) is 24.8. The van der Waals surface area contributed by atoms with Gasteiger partial charge in [-0.05, 0) is 49.9 Å². The number of carbonyl (C=O) groups excluding carboxylic acids is 2. The number of amides is 2. The molecule has 2 amide bonds. The van der Waals surface area contributed by atoms with Crippen LogP contribution in [0.2, 0.25) is 5.02 Å². The Morgan fingerprint density at radius 3 is 2.50 bits per heavy atom. The van der Waals surface area contributed by atoms with Crippen molar-refractivity contribution in [1.29, 1.82) is 0 Å². The second-order valence-electron chi connectivity index (χ2n) is 9.00. The highest BCUT2D eigenvalue weighted by atomic mass is 35.5. The number of halogens is 4. The molecule has 0 bridgehead atoms. The molecule has 9 heteroatoms. The van der Waals surface area contributed by atoms with Gasteiger partial charge in [-0.2, -0.15) is 13.2 Å². The summed E-state index contributed by atoms with van der Waals surface area (Å²) in [7, 11) is 0. The van der Waals surface area contributed by atoms with Gasteiger partial charge in [0, 0.05) is 55.3 Å². The van der Waals surface area contributed by atoms with E-state index in [-0.39, 0.29) is 17.9 Å². The Bertz CT molecular complexity index is 841. The molecule has 1 aromatic rings. The van der Waals surface area contributed by atoms with Gasteiger partial charge in [0.05, 0.1) is 6.42 Å². The maximum atomic E-state index is 12.8. The lowest BCUT2D eigenvalue weighted by Crippen LogP contribution is -2.54. The third-order valence-electron chi connectivity index (χ3n) is 6.48. The van der Waals surface area contributed by atoms with Crippen molar-refractivity contribution < 1.29 is 22.8 Å². The number of nitrogens with zero attached hydrogens (tertiary/aromatic N) is 2. The molecule has 0 spiro atoms. The van der Waals surface area contributed by atoms with Crippen molar-refractivity contribution in [3.63, 3.8) is 0 Å². The van der Waals surface area contributed by atoms with Crippen LogP contribution in [-0.2, 0) is 16.1 Å². The number of hydrogen-bond donors (Lipinski definition) is 1. The van der Waals surface area contributed by atoms with E-state index < -0.39 is 24.9 Å². The Hall–Kier alpha value is -1.80. The van der Waals surface area contributed by atoms with Crippen molar-refractivity contribution in [2.75, 3.05) is 25.0 Å². The third kappa shape index (κ3) is 6.61. The van der Waals surface area contributed by atoms with E-state index in [4.69, 9.17) is 11.6 Å². The number of hydrogen-bond acceptors (Lipinski definition) is 3. The highest BCUT2D eigenvalue weighted by Gasteiger charge is 2.33. The van der Waals surface area contributed by atoms with E-state index >= 15 is 0 Å². The summed E-state index contributed by atoms with van der Waals surface area (Å²) in [4.78, 5) is 29.0. The van der Waals surface area contributed by atoms with Crippen LogP contribution in [0.3, 0.4) is 0 Å². The molecule has 2 fully saturated rings. The summed E-state index contributed by atoms with van der Waals surface area (Å²) in [5, 5.41) is 2.98. The summed E-state index contributed by atoms with van der Waals surface area (Å²) in [6.45, 7) is 6.63. The number of nitrogens with one attached hydrogen (secondary N) is 1. The van der Waals surface area contributed by atoms with Gasteiger partial charge in [-0.15, -0.1) is 0 Å². The van der Waals surface area contributed by atoms with Crippen LogP contribution in [0.4, 0.5) is 18.9 Å². The Labute approximate surface area is 192 Å². The van der Waals surface area contributed by atoms with Gasteiger partial charge in [-0.25, -0.2) is 0 Å². The van der Waals surface area contributed by atoms with Gasteiger partial charge in [-0.3, -0.25) is 14.5 Å². The molecule has 1 atom stereocenters. The highest BCUT2D eigenvalue weighted by Crippen LogP contribution is 2.30. The molecule has 1 saturated carbocycles. The lowest BCUT2D eigenvalue weighted by atomic mass is 10.0. The maximum Gasteiger partial charge on any atom is 0.389 e. The molecule has 5 nitrogen and oxygen atoms in total. The molecule has 1 N–H and O–H groups in total. The van der Waals surface area contributed by atoms with Crippen LogP contribution in [0.15, 0.2) is 12.1 Å². The highest BCUT2D eigenvalue weighted by molar-refractivity contribution is 6.31. The molecular weight excluding hydrogens is 443 g/mol. The topological polar surface area (TPSA) is 52.6 Å². The lowest BCUT2D eigenvalue weighted by molar-refractivity contribution is -0.142. The standard InChI is InChI=1S/C23H31ClF3N3O2/c1-15-13-29(9-10-30(15)22(32)17-5-3-4-6-17)14-18-11-19(24)12-20(16(18)2)28-21(31)7-8-23(25,26)27/h11-12,15,17H,3-10,13-14H2,1-2H3,(H,28,31). The lowest BCUT2D eigenvalue weighted by Gasteiger charge is -2.41. The minimum Gasteiger partial charge on any atom is -0.337 e. The normalized spacial score (nSPS) is 20.6. The summed E-state index contributed by atoms with van der Waals surface area (Å²) < 4.78 is 37.2. The second kappa shape index (κ2) is 10.4. The predicted molar refractivity (Wildman–Crippen MR) is 119 cm³/mol. The van der Waals surface area contributed by atoms with Gasteiger partial charge < -0.3 is 10.2 Å². The molecule has 2 aliphatic rings. The van der Waals surface area contributed by atoms with Crippen molar-refractivity contribution in [2.45, 2.75) is 71.1 Å². The summed E-state index contributed by atoms with van der Waals surface area (Å²) in [6, 6.07) is 3.49. The van der Waals surface area contributed by atoms with Crippen molar-refractivity contribution in [3.8, 4) is 0 Å². The van der Waals surface area contributed by atoms with Crippen LogP contribution in [0.1, 0.15) is 56.6 Å². The zero-order valence-corrected chi connectivity index (χ0v) is 19.4. The van der Waals surface area contributed by atoms with Crippen LogP contribution in [0.25, 0.3) is 0 Å². The largest absolute Gasteiger partial charge is 0.389 e. The first-order valence-electron chi connectivity index (χ1n) is 11.2. The summed E-state index contributed by atoms with van der Waals surface area (Å²) in [6.07, 6.45) is -1.91. The summed E-state index contributed by atoms with van der Waals surface area (Å²) in [5.41, 5.74) is 2.13. The number of anilines is 1. The molecule has 0 aromatic heterocycles. The smallest absolute Gasteiger partial charge is 0.337 e. The van der Waals surface area contributed by atoms with E-state index in [9.17, 15) is 22.8 Å². The number of carbonyl (C=O) groups is 2. The monoisotopic (exact) mass is 473 g/mol. The number of piperazine rings is 1. The Balaban J connectivity index is 1.61. The molecule has 1 saturated heterocycles. The van der Waals surface area contributed by atoms with E-state index in [0.717, 1.165) is 49.9 Å². The fraction of sp³-hybridized carbons (Fsp3) is 0.652. The maximum absolute atomic E-state index is 12.8. The van der Waals surface area contributed by atoms with Gasteiger partial charge in [0.25, 0.3) is 0 Å². The minimum atomic E-state index is -4.37. The van der Waals surface area contributed by atoms with Crippen molar-refractivity contribution in [2.24, 2.45) is 5.92 Å². The third-order valence-corrected chi connectivity index (χ3v) is 6.70. The molecule has 1 aromatic carbocycles. The fourth-order valence-corrected chi connectivity index (χ4v) is 4.89. The van der Waals surface area contributed by atoms with Gasteiger partial charge in [-0.1, -0.05) is 24.4 Å². The molecule has 1 aliphatic heterocycles. The molecule has 178 valence electrons. The van der Waals surface area contributed by atoms with Gasteiger partial charge >= 0.3 is 6.18 Å². The van der Waals surface area contributed by atoms with E-state index in [2.05, 4.69) is 17.1 Å². The first-order chi connectivity index (χ1) is 15.0. The van der Waals surface area contributed by atoms with Gasteiger partial charge in [0.2, 0.25) is 11.8 Å². The Morgan fingerprint density at radius 2 is 1.88 bits per heavy atom. The van der Waals surface area contributed by atoms with Crippen molar-refractivity contribution >= 4 is 29.1 Å². The van der Waals surface area contributed by atoms with E-state index in [1.807, 2.05) is 17.9 Å². The van der Waals surface area contributed by atoms with Crippen molar-refractivity contribution in [3.05, 3.63) is 28.3 Å². The Kier molecular flexibility index (Phi) is 8.09. The fourth-order valence-electron chi connectivity index (χ4n) is 4.65. The molecule has 32 heavy (non-hydrogen) atoms.